The molecule has 2 aliphatic rings. The van der Waals surface area contributed by atoms with Crippen LogP contribution in [0.5, 0.6) is 5.75 Å². The van der Waals surface area contributed by atoms with Crippen molar-refractivity contribution < 1.29 is 4.74 Å². The number of nitrogens with zero attached hydrogens (tertiary/aromatic N) is 1. The van der Waals surface area contributed by atoms with Gasteiger partial charge in [0.25, 0.3) is 0 Å². The van der Waals surface area contributed by atoms with Gasteiger partial charge in [-0.1, -0.05) is 12.1 Å². The summed E-state index contributed by atoms with van der Waals surface area (Å²) < 4.78 is 5.19. The van der Waals surface area contributed by atoms with Gasteiger partial charge in [0.05, 0.1) is 7.11 Å². The van der Waals surface area contributed by atoms with Gasteiger partial charge in [-0.3, -0.25) is 4.90 Å². The van der Waals surface area contributed by atoms with Crippen LogP contribution in [0.3, 0.4) is 0 Å². The van der Waals surface area contributed by atoms with Gasteiger partial charge in [0.1, 0.15) is 5.75 Å². The molecule has 2 heterocycles. The van der Waals surface area contributed by atoms with Gasteiger partial charge in [-0.05, 0) is 35.8 Å². The fourth-order valence-electron chi connectivity index (χ4n) is 2.91. The molecule has 17 heavy (non-hydrogen) atoms. The summed E-state index contributed by atoms with van der Waals surface area (Å²) in [4.78, 5) is 2.66. The molecule has 2 bridgehead atoms. The summed E-state index contributed by atoms with van der Waals surface area (Å²) in [5.41, 5.74) is 1.41. The quantitative estimate of drug-likeness (QED) is 0.817. The molecule has 0 unspecified atom stereocenters. The van der Waals surface area contributed by atoms with E-state index in [1.807, 2.05) is 0 Å². The monoisotopic (exact) mass is 249 g/mol. The average Bonchev–Trinajstić information content (AvgIpc) is 2.65. The van der Waals surface area contributed by atoms with Crippen molar-refractivity contribution in [3.05, 3.63) is 29.8 Å². The fourth-order valence-corrected chi connectivity index (χ4v) is 4.24. The van der Waals surface area contributed by atoms with Crippen LogP contribution in [-0.2, 0) is 6.54 Å². The smallest absolute Gasteiger partial charge is 0.118 e. The van der Waals surface area contributed by atoms with E-state index in [1.165, 1.54) is 30.0 Å². The van der Waals surface area contributed by atoms with E-state index < -0.39 is 0 Å². The van der Waals surface area contributed by atoms with Crippen LogP contribution >= 0.6 is 11.8 Å². The summed E-state index contributed by atoms with van der Waals surface area (Å²) in [5, 5.41) is 0. The van der Waals surface area contributed by atoms with E-state index in [-0.39, 0.29) is 0 Å². The summed E-state index contributed by atoms with van der Waals surface area (Å²) >= 11 is 2.13. The molecule has 2 atom stereocenters. The summed E-state index contributed by atoms with van der Waals surface area (Å²) in [5.74, 6) is 4.59. The van der Waals surface area contributed by atoms with Crippen molar-refractivity contribution in [3.8, 4) is 5.75 Å². The zero-order chi connectivity index (χ0) is 11.7. The number of hydrogen-bond acceptors (Lipinski definition) is 3. The van der Waals surface area contributed by atoms with Crippen molar-refractivity contribution >= 4 is 11.8 Å². The van der Waals surface area contributed by atoms with E-state index in [0.717, 1.165) is 24.3 Å². The van der Waals surface area contributed by atoms with Crippen LogP contribution in [0.25, 0.3) is 0 Å². The van der Waals surface area contributed by atoms with E-state index in [0.29, 0.717) is 0 Å². The molecule has 2 nitrogen and oxygen atoms in total. The Balaban J connectivity index is 1.66. The van der Waals surface area contributed by atoms with Crippen LogP contribution in [-0.4, -0.2) is 36.1 Å². The Bertz CT molecular complexity index is 378. The van der Waals surface area contributed by atoms with Gasteiger partial charge < -0.3 is 4.74 Å². The highest BCUT2D eigenvalue weighted by molar-refractivity contribution is 7.99. The Hall–Kier alpha value is -0.670. The van der Waals surface area contributed by atoms with Crippen LogP contribution in [0, 0.1) is 5.92 Å². The second kappa shape index (κ2) is 4.91. The summed E-state index contributed by atoms with van der Waals surface area (Å²) in [6.45, 7) is 2.40. The van der Waals surface area contributed by atoms with Crippen molar-refractivity contribution in [2.45, 2.75) is 19.0 Å². The summed E-state index contributed by atoms with van der Waals surface area (Å²) in [6, 6.07) is 9.32. The highest BCUT2D eigenvalue weighted by atomic mass is 32.2. The molecular formula is C14H19NOS. The first-order valence-electron chi connectivity index (χ1n) is 6.30. The van der Waals surface area contributed by atoms with Gasteiger partial charge in [-0.25, -0.2) is 0 Å². The van der Waals surface area contributed by atoms with E-state index in [4.69, 9.17) is 4.74 Å². The summed E-state index contributed by atoms with van der Waals surface area (Å²) in [6.07, 6.45) is 1.42. The Labute approximate surface area is 107 Å². The van der Waals surface area contributed by atoms with Crippen LogP contribution in [0.2, 0.25) is 0 Å². The molecule has 0 radical (unpaired) electrons. The molecular weight excluding hydrogens is 230 g/mol. The number of likely N-dealkylation sites (tertiary alicyclic amines) is 1. The molecule has 3 heteroatoms. The lowest BCUT2D eigenvalue weighted by molar-refractivity contribution is 0.262. The molecule has 0 spiro atoms. The van der Waals surface area contributed by atoms with Crippen molar-refractivity contribution in [2.24, 2.45) is 5.92 Å². The lowest BCUT2D eigenvalue weighted by atomic mass is 10.1. The van der Waals surface area contributed by atoms with Crippen LogP contribution in [0.15, 0.2) is 24.3 Å². The number of thioether (sulfide) groups is 1. The van der Waals surface area contributed by atoms with Gasteiger partial charge in [-0.15, -0.1) is 0 Å². The predicted molar refractivity (Wildman–Crippen MR) is 72.6 cm³/mol. The second-order valence-corrected chi connectivity index (χ2v) is 6.15. The highest BCUT2D eigenvalue weighted by Gasteiger charge is 2.35. The average molecular weight is 249 g/mol. The molecule has 2 fully saturated rings. The second-order valence-electron chi connectivity index (χ2n) is 5.07. The van der Waals surface area contributed by atoms with E-state index in [2.05, 4.69) is 40.9 Å². The fraction of sp³-hybridized carbons (Fsp3) is 0.571. The number of benzene rings is 1. The summed E-state index contributed by atoms with van der Waals surface area (Å²) in [7, 11) is 1.72. The van der Waals surface area contributed by atoms with Gasteiger partial charge in [0, 0.05) is 24.9 Å². The maximum atomic E-state index is 5.19. The predicted octanol–water partition coefficient (Wildman–Crippen LogP) is 2.63. The maximum absolute atomic E-state index is 5.19. The molecule has 2 aliphatic heterocycles. The van der Waals surface area contributed by atoms with Crippen molar-refractivity contribution in [2.75, 3.05) is 25.2 Å². The first kappa shape index (κ1) is 11.4. The molecule has 0 saturated carbocycles. The Morgan fingerprint density at radius 3 is 2.82 bits per heavy atom. The third kappa shape index (κ3) is 2.45. The number of hydrogen-bond donors (Lipinski definition) is 0. The molecule has 0 amide bonds. The number of ether oxygens (including phenoxy) is 1. The van der Waals surface area contributed by atoms with Crippen LogP contribution in [0.4, 0.5) is 0 Å². The minimum absolute atomic E-state index is 0.820. The zero-order valence-electron chi connectivity index (χ0n) is 10.3. The number of methoxy groups -OCH3 is 1. The first-order valence-corrected chi connectivity index (χ1v) is 7.45. The van der Waals surface area contributed by atoms with Gasteiger partial charge in [0.15, 0.2) is 0 Å². The van der Waals surface area contributed by atoms with Gasteiger partial charge >= 0.3 is 0 Å². The normalized spacial score (nSPS) is 28.3. The molecule has 0 N–H and O–H groups in total. The third-order valence-electron chi connectivity index (χ3n) is 3.82. The minimum atomic E-state index is 0.820. The van der Waals surface area contributed by atoms with Crippen molar-refractivity contribution in [1.82, 2.24) is 4.90 Å². The van der Waals surface area contributed by atoms with Crippen LogP contribution in [0.1, 0.15) is 12.0 Å². The third-order valence-corrected chi connectivity index (χ3v) is 5.15. The highest BCUT2D eigenvalue weighted by Crippen LogP contribution is 2.34. The van der Waals surface area contributed by atoms with Gasteiger partial charge in [0.2, 0.25) is 0 Å². The number of rotatable bonds is 3. The largest absolute Gasteiger partial charge is 0.497 e. The Kier molecular flexibility index (Phi) is 3.30. The SMILES string of the molecule is COc1ccc(CN2C[C@H]3CSC[C@H]2C3)cc1. The maximum Gasteiger partial charge on any atom is 0.118 e. The van der Waals surface area contributed by atoms with Gasteiger partial charge in [-0.2, -0.15) is 11.8 Å². The lowest BCUT2D eigenvalue weighted by Gasteiger charge is -2.24. The van der Waals surface area contributed by atoms with Crippen molar-refractivity contribution in [1.29, 1.82) is 0 Å². The standard InChI is InChI=1S/C14H19NOS/c1-16-14-4-2-11(3-5-14)7-15-8-12-6-13(15)10-17-9-12/h2-5,12-13H,6-10H2,1H3/t12-,13+/m0/s1. The van der Waals surface area contributed by atoms with E-state index in [1.54, 1.807) is 7.11 Å². The Morgan fingerprint density at radius 1 is 1.29 bits per heavy atom. The molecule has 3 rings (SSSR count). The molecule has 1 aromatic rings. The molecule has 1 aromatic carbocycles. The lowest BCUT2D eigenvalue weighted by Crippen LogP contribution is -2.30. The van der Waals surface area contributed by atoms with Crippen LogP contribution < -0.4 is 4.74 Å². The molecule has 0 aliphatic carbocycles. The molecule has 0 aromatic heterocycles. The minimum Gasteiger partial charge on any atom is -0.497 e. The number of fused-ring (bicyclic) bond motifs is 2. The first-order chi connectivity index (χ1) is 8.35. The Morgan fingerprint density at radius 2 is 2.12 bits per heavy atom. The molecule has 92 valence electrons. The van der Waals surface area contributed by atoms with E-state index in [9.17, 15) is 0 Å². The van der Waals surface area contributed by atoms with Crippen molar-refractivity contribution in [3.63, 3.8) is 0 Å². The topological polar surface area (TPSA) is 12.5 Å². The molecule has 2 saturated heterocycles. The van der Waals surface area contributed by atoms with E-state index >= 15 is 0 Å². The zero-order valence-corrected chi connectivity index (χ0v) is 11.1.